The van der Waals surface area contributed by atoms with Crippen LogP contribution in [-0.4, -0.2) is 25.3 Å². The summed E-state index contributed by atoms with van der Waals surface area (Å²) >= 11 is 0. The number of carbonyl (C=O) groups is 1. The largest absolute Gasteiger partial charge is 0.500 e. The molecule has 0 saturated carbocycles. The van der Waals surface area contributed by atoms with Crippen LogP contribution in [0.15, 0.2) is 23.7 Å². The highest BCUT2D eigenvalue weighted by molar-refractivity contribution is 5.79. The van der Waals surface area contributed by atoms with Crippen molar-refractivity contribution in [1.82, 2.24) is 0 Å². The topological polar surface area (TPSA) is 55.8 Å². The number of allylic oxidation sites excluding steroid dienone is 2. The second kappa shape index (κ2) is 3.96. The zero-order chi connectivity index (χ0) is 11.6. The van der Waals surface area contributed by atoms with Crippen LogP contribution < -0.4 is 0 Å². The van der Waals surface area contributed by atoms with Gasteiger partial charge in [0.05, 0.1) is 14.2 Å². The first-order valence-electron chi connectivity index (χ1n) is 4.72. The molecule has 0 aliphatic heterocycles. The number of rotatable bonds is 3. The molecule has 4 heteroatoms. The molecule has 0 saturated heterocycles. The molecule has 0 amide bonds. The van der Waals surface area contributed by atoms with Gasteiger partial charge in [0, 0.05) is 12.0 Å². The second-order valence-electron chi connectivity index (χ2n) is 3.78. The molecule has 0 aromatic heterocycles. The minimum absolute atomic E-state index is 0.176. The molecule has 0 fully saturated rings. The molecule has 84 valence electrons. The van der Waals surface area contributed by atoms with Crippen LogP contribution >= 0.6 is 0 Å². The van der Waals surface area contributed by atoms with Gasteiger partial charge in [-0.05, 0) is 13.0 Å². The van der Waals surface area contributed by atoms with E-state index in [0.29, 0.717) is 11.5 Å². The van der Waals surface area contributed by atoms with Gasteiger partial charge in [0.1, 0.15) is 16.9 Å². The Kier molecular flexibility index (Phi) is 3.07. The van der Waals surface area contributed by atoms with Crippen LogP contribution in [0.25, 0.3) is 0 Å². The molecule has 0 spiro atoms. The first-order chi connectivity index (χ1) is 6.96. The number of carboxylic acid groups (broad SMARTS) is 1. The quantitative estimate of drug-likeness (QED) is 0.774. The predicted octanol–water partition coefficient (Wildman–Crippen LogP) is 1.79. The number of ether oxygens (including phenoxy) is 2. The summed E-state index contributed by atoms with van der Waals surface area (Å²) < 4.78 is 10.2. The standard InChI is InChI=1S/C11H16O4/c1-7-5-8(14-3)6-9(15-4)11(7,2)10(12)13/h5-7H,1-4H3,(H,12,13). The summed E-state index contributed by atoms with van der Waals surface area (Å²) in [6.07, 6.45) is 3.41. The number of hydrogen-bond acceptors (Lipinski definition) is 3. The van der Waals surface area contributed by atoms with Gasteiger partial charge in [0.25, 0.3) is 0 Å². The molecule has 4 nitrogen and oxygen atoms in total. The van der Waals surface area contributed by atoms with E-state index in [1.807, 2.05) is 6.92 Å². The molecule has 2 atom stereocenters. The Morgan fingerprint density at radius 1 is 1.47 bits per heavy atom. The van der Waals surface area contributed by atoms with E-state index in [4.69, 9.17) is 9.47 Å². The maximum absolute atomic E-state index is 11.3. The average Bonchev–Trinajstić information content (AvgIpc) is 2.21. The molecule has 1 rings (SSSR count). The Morgan fingerprint density at radius 2 is 2.07 bits per heavy atom. The van der Waals surface area contributed by atoms with Crippen LogP contribution in [0.3, 0.4) is 0 Å². The van der Waals surface area contributed by atoms with Crippen LogP contribution in [0.5, 0.6) is 0 Å². The first kappa shape index (κ1) is 11.6. The molecule has 0 radical (unpaired) electrons. The van der Waals surface area contributed by atoms with E-state index in [0.717, 1.165) is 0 Å². The Morgan fingerprint density at radius 3 is 2.47 bits per heavy atom. The van der Waals surface area contributed by atoms with Crippen molar-refractivity contribution in [2.24, 2.45) is 11.3 Å². The van der Waals surface area contributed by atoms with E-state index in [1.54, 1.807) is 26.2 Å². The van der Waals surface area contributed by atoms with Gasteiger partial charge in [0.15, 0.2) is 0 Å². The van der Waals surface area contributed by atoms with Crippen LogP contribution in [-0.2, 0) is 14.3 Å². The van der Waals surface area contributed by atoms with E-state index < -0.39 is 11.4 Å². The van der Waals surface area contributed by atoms with Crippen molar-refractivity contribution in [1.29, 1.82) is 0 Å². The van der Waals surface area contributed by atoms with E-state index in [1.165, 1.54) is 7.11 Å². The third kappa shape index (κ3) is 1.71. The van der Waals surface area contributed by atoms with E-state index in [-0.39, 0.29) is 5.92 Å². The fourth-order valence-corrected chi connectivity index (χ4v) is 1.66. The second-order valence-corrected chi connectivity index (χ2v) is 3.78. The van der Waals surface area contributed by atoms with Crippen molar-refractivity contribution in [3.63, 3.8) is 0 Å². The smallest absolute Gasteiger partial charge is 0.317 e. The van der Waals surface area contributed by atoms with E-state index in [2.05, 4.69) is 0 Å². The van der Waals surface area contributed by atoms with Crippen LogP contribution in [0.2, 0.25) is 0 Å². The number of carboxylic acids is 1. The highest BCUT2D eigenvalue weighted by atomic mass is 16.5. The minimum Gasteiger partial charge on any atom is -0.500 e. The fraction of sp³-hybridized carbons (Fsp3) is 0.545. The molecule has 0 aromatic carbocycles. The SMILES string of the molecule is COC1=CC(C)C(C)(C(=O)O)C(OC)=C1. The lowest BCUT2D eigenvalue weighted by atomic mass is 9.73. The summed E-state index contributed by atoms with van der Waals surface area (Å²) in [5.41, 5.74) is -1.02. The average molecular weight is 212 g/mol. The van der Waals surface area contributed by atoms with Gasteiger partial charge in [-0.25, -0.2) is 0 Å². The monoisotopic (exact) mass is 212 g/mol. The Balaban J connectivity index is 3.18. The molecule has 15 heavy (non-hydrogen) atoms. The van der Waals surface area contributed by atoms with Gasteiger partial charge in [-0.1, -0.05) is 6.92 Å². The molecule has 1 aliphatic rings. The zero-order valence-corrected chi connectivity index (χ0v) is 9.40. The lowest BCUT2D eigenvalue weighted by Crippen LogP contribution is -2.38. The Bertz CT molecular complexity index is 329. The fourth-order valence-electron chi connectivity index (χ4n) is 1.66. The maximum atomic E-state index is 11.3. The first-order valence-corrected chi connectivity index (χ1v) is 4.72. The van der Waals surface area contributed by atoms with E-state index >= 15 is 0 Å². The molecule has 1 aliphatic carbocycles. The third-order valence-corrected chi connectivity index (χ3v) is 3.01. The summed E-state index contributed by atoms with van der Waals surface area (Å²) in [6.45, 7) is 3.48. The lowest BCUT2D eigenvalue weighted by molar-refractivity contribution is -0.149. The van der Waals surface area contributed by atoms with Gasteiger partial charge < -0.3 is 14.6 Å². The van der Waals surface area contributed by atoms with E-state index in [9.17, 15) is 9.90 Å². The minimum atomic E-state index is -1.02. The number of aliphatic carboxylic acids is 1. The summed E-state index contributed by atoms with van der Waals surface area (Å²) in [7, 11) is 3.02. The van der Waals surface area contributed by atoms with Gasteiger partial charge >= 0.3 is 5.97 Å². The van der Waals surface area contributed by atoms with Crippen molar-refractivity contribution in [2.75, 3.05) is 14.2 Å². The number of hydrogen-bond donors (Lipinski definition) is 1. The van der Waals surface area contributed by atoms with Gasteiger partial charge in [-0.2, -0.15) is 0 Å². The summed E-state index contributed by atoms with van der Waals surface area (Å²) in [5, 5.41) is 9.24. The normalized spacial score (nSPS) is 30.3. The number of methoxy groups -OCH3 is 2. The summed E-state index contributed by atoms with van der Waals surface area (Å²) in [6, 6.07) is 0. The van der Waals surface area contributed by atoms with Crippen molar-refractivity contribution >= 4 is 5.97 Å². The van der Waals surface area contributed by atoms with Gasteiger partial charge in [-0.3, -0.25) is 4.79 Å². The van der Waals surface area contributed by atoms with Crippen molar-refractivity contribution < 1.29 is 19.4 Å². The zero-order valence-electron chi connectivity index (χ0n) is 9.40. The van der Waals surface area contributed by atoms with Gasteiger partial charge in [0.2, 0.25) is 0 Å². The van der Waals surface area contributed by atoms with Crippen LogP contribution in [0.1, 0.15) is 13.8 Å². The molecule has 1 N–H and O–H groups in total. The molecular formula is C11H16O4. The Hall–Kier alpha value is -1.45. The Labute approximate surface area is 89.2 Å². The molecular weight excluding hydrogens is 196 g/mol. The van der Waals surface area contributed by atoms with Crippen molar-refractivity contribution in [2.45, 2.75) is 13.8 Å². The molecule has 2 unspecified atom stereocenters. The predicted molar refractivity (Wildman–Crippen MR) is 55.1 cm³/mol. The third-order valence-electron chi connectivity index (χ3n) is 3.01. The maximum Gasteiger partial charge on any atom is 0.317 e. The molecule has 0 aromatic rings. The summed E-state index contributed by atoms with van der Waals surface area (Å²) in [5.74, 6) is -0.0145. The molecule has 0 heterocycles. The van der Waals surface area contributed by atoms with Crippen LogP contribution in [0, 0.1) is 11.3 Å². The van der Waals surface area contributed by atoms with Crippen molar-refractivity contribution in [3.8, 4) is 0 Å². The van der Waals surface area contributed by atoms with Crippen molar-refractivity contribution in [3.05, 3.63) is 23.7 Å². The highest BCUT2D eigenvalue weighted by Crippen LogP contribution is 2.41. The van der Waals surface area contributed by atoms with Gasteiger partial charge in [-0.15, -0.1) is 0 Å². The summed E-state index contributed by atoms with van der Waals surface area (Å²) in [4.78, 5) is 11.3. The van der Waals surface area contributed by atoms with Crippen LogP contribution in [0.4, 0.5) is 0 Å². The highest BCUT2D eigenvalue weighted by Gasteiger charge is 2.45. The lowest BCUT2D eigenvalue weighted by Gasteiger charge is -2.34. The molecule has 0 bridgehead atoms.